The maximum atomic E-state index is 11.8. The van der Waals surface area contributed by atoms with Crippen LogP contribution in [0, 0.1) is 0 Å². The SMILES string of the molecule is CC(=O)O[C@H]1[C@H](OC(C)=O)CSC(Oc2cccnc2-c2ccoc2)[C@@H]1OC(C)=O. The van der Waals surface area contributed by atoms with Gasteiger partial charge in [0.2, 0.25) is 0 Å². The van der Waals surface area contributed by atoms with Gasteiger partial charge in [-0.1, -0.05) is 0 Å². The Kier molecular flexibility index (Phi) is 6.99. The Morgan fingerprint density at radius 3 is 2.37 bits per heavy atom. The molecule has 0 amide bonds. The molecule has 0 bridgehead atoms. The molecule has 2 aromatic heterocycles. The quantitative estimate of drug-likeness (QED) is 0.495. The van der Waals surface area contributed by atoms with E-state index in [1.165, 1.54) is 45.1 Å². The van der Waals surface area contributed by atoms with Crippen molar-refractivity contribution in [3.8, 4) is 17.0 Å². The van der Waals surface area contributed by atoms with Gasteiger partial charge in [-0.05, 0) is 18.2 Å². The second-order valence-corrected chi connectivity index (χ2v) is 7.61. The van der Waals surface area contributed by atoms with E-state index in [2.05, 4.69) is 4.98 Å². The number of pyridine rings is 1. The Labute approximate surface area is 177 Å². The molecule has 1 unspecified atom stereocenters. The Hall–Kier alpha value is -3.01. The third-order valence-electron chi connectivity index (χ3n) is 4.11. The average molecular weight is 435 g/mol. The summed E-state index contributed by atoms with van der Waals surface area (Å²) in [6.45, 7) is 3.72. The van der Waals surface area contributed by atoms with Gasteiger partial charge in [0.15, 0.2) is 23.7 Å². The summed E-state index contributed by atoms with van der Waals surface area (Å²) < 4.78 is 27.4. The first-order valence-electron chi connectivity index (χ1n) is 9.12. The van der Waals surface area contributed by atoms with Crippen LogP contribution in [0.5, 0.6) is 5.75 Å². The molecule has 9 nitrogen and oxygen atoms in total. The highest BCUT2D eigenvalue weighted by molar-refractivity contribution is 7.99. The van der Waals surface area contributed by atoms with E-state index in [1.807, 2.05) is 0 Å². The Balaban J connectivity index is 1.91. The Bertz CT molecular complexity index is 900. The van der Waals surface area contributed by atoms with Crippen molar-refractivity contribution in [1.29, 1.82) is 0 Å². The highest BCUT2D eigenvalue weighted by Gasteiger charge is 2.47. The Morgan fingerprint density at radius 2 is 1.73 bits per heavy atom. The molecule has 2 aromatic rings. The van der Waals surface area contributed by atoms with E-state index in [0.717, 1.165) is 0 Å². The summed E-state index contributed by atoms with van der Waals surface area (Å²) in [5.74, 6) is -1.01. The van der Waals surface area contributed by atoms with Gasteiger partial charge in [0.05, 0.1) is 12.5 Å². The number of furan rings is 1. The molecule has 160 valence electrons. The third kappa shape index (κ3) is 5.32. The van der Waals surface area contributed by atoms with Crippen LogP contribution >= 0.6 is 11.8 Å². The van der Waals surface area contributed by atoms with Crippen LogP contribution in [-0.4, -0.2) is 52.4 Å². The van der Waals surface area contributed by atoms with Crippen LogP contribution in [0.25, 0.3) is 11.3 Å². The van der Waals surface area contributed by atoms with Crippen LogP contribution in [0.4, 0.5) is 0 Å². The molecule has 1 saturated heterocycles. The Morgan fingerprint density at radius 1 is 1.03 bits per heavy atom. The number of thioether (sulfide) groups is 1. The molecule has 1 aliphatic heterocycles. The van der Waals surface area contributed by atoms with Gasteiger partial charge in [-0.25, -0.2) is 0 Å². The van der Waals surface area contributed by atoms with Gasteiger partial charge in [0.1, 0.15) is 11.4 Å². The molecular weight excluding hydrogens is 414 g/mol. The van der Waals surface area contributed by atoms with Gasteiger partial charge >= 0.3 is 17.9 Å². The molecule has 0 spiro atoms. The molecule has 1 fully saturated rings. The third-order valence-corrected chi connectivity index (χ3v) is 5.33. The molecule has 30 heavy (non-hydrogen) atoms. The molecular formula is C20H21NO8S. The van der Waals surface area contributed by atoms with Crippen LogP contribution in [0.1, 0.15) is 20.8 Å². The fourth-order valence-corrected chi connectivity index (χ4v) is 4.25. The van der Waals surface area contributed by atoms with Crippen molar-refractivity contribution in [3.63, 3.8) is 0 Å². The number of aromatic nitrogens is 1. The summed E-state index contributed by atoms with van der Waals surface area (Å²) in [6, 6.07) is 5.17. The summed E-state index contributed by atoms with van der Waals surface area (Å²) >= 11 is 1.28. The van der Waals surface area contributed by atoms with Crippen molar-refractivity contribution in [2.75, 3.05) is 5.75 Å². The first-order valence-corrected chi connectivity index (χ1v) is 10.2. The number of rotatable bonds is 6. The molecule has 10 heteroatoms. The fourth-order valence-electron chi connectivity index (χ4n) is 3.04. The van der Waals surface area contributed by atoms with Crippen molar-refractivity contribution in [3.05, 3.63) is 36.9 Å². The number of hydrogen-bond donors (Lipinski definition) is 0. The fraction of sp³-hybridized carbons (Fsp3) is 0.400. The van der Waals surface area contributed by atoms with Crippen LogP contribution in [0.2, 0.25) is 0 Å². The summed E-state index contributed by atoms with van der Waals surface area (Å²) in [5, 5.41) is 0. The van der Waals surface area contributed by atoms with Crippen LogP contribution in [-0.2, 0) is 28.6 Å². The molecule has 0 aromatic carbocycles. The molecule has 0 radical (unpaired) electrons. The highest BCUT2D eigenvalue weighted by Crippen LogP contribution is 2.36. The summed E-state index contributed by atoms with van der Waals surface area (Å²) in [4.78, 5) is 39.3. The van der Waals surface area contributed by atoms with E-state index in [4.69, 9.17) is 23.4 Å². The van der Waals surface area contributed by atoms with E-state index in [0.29, 0.717) is 17.0 Å². The molecule has 4 atom stereocenters. The summed E-state index contributed by atoms with van der Waals surface area (Å²) in [5.41, 5.74) is 0.518. The first-order chi connectivity index (χ1) is 14.3. The first kappa shape index (κ1) is 21.7. The predicted molar refractivity (Wildman–Crippen MR) is 105 cm³/mol. The second-order valence-electron chi connectivity index (χ2n) is 6.48. The molecule has 1 aliphatic rings. The molecule has 0 N–H and O–H groups in total. The maximum Gasteiger partial charge on any atom is 0.303 e. The average Bonchev–Trinajstić information content (AvgIpc) is 3.20. The van der Waals surface area contributed by atoms with Crippen LogP contribution in [0.3, 0.4) is 0 Å². The van der Waals surface area contributed by atoms with E-state index >= 15 is 0 Å². The van der Waals surface area contributed by atoms with E-state index < -0.39 is 41.7 Å². The lowest BCUT2D eigenvalue weighted by Crippen LogP contribution is -2.55. The zero-order valence-corrected chi connectivity index (χ0v) is 17.4. The zero-order valence-electron chi connectivity index (χ0n) is 16.6. The molecule has 3 rings (SSSR count). The molecule has 0 saturated carbocycles. The molecule has 0 aliphatic carbocycles. The number of hydrogen-bond acceptors (Lipinski definition) is 10. The topological polar surface area (TPSA) is 114 Å². The van der Waals surface area contributed by atoms with E-state index in [-0.39, 0.29) is 5.75 Å². The standard InChI is InChI=1S/C20H21NO8S/c1-11(22)26-16-10-30-20(19(28-13(3)24)18(16)27-12(2)23)29-15-5-4-7-21-17(15)14-6-8-25-9-14/h4-9,16,18-20H,10H2,1-3H3/t16-,18+,19-,20?/m1/s1. The van der Waals surface area contributed by atoms with Crippen molar-refractivity contribution in [2.45, 2.75) is 44.5 Å². The second kappa shape index (κ2) is 9.66. The van der Waals surface area contributed by atoms with Gasteiger partial charge in [-0.3, -0.25) is 19.4 Å². The van der Waals surface area contributed by atoms with E-state index in [9.17, 15) is 14.4 Å². The van der Waals surface area contributed by atoms with Crippen LogP contribution in [0.15, 0.2) is 41.3 Å². The number of esters is 3. The predicted octanol–water partition coefficient (Wildman–Crippen LogP) is 2.59. The number of carbonyl (C=O) groups is 3. The largest absolute Gasteiger partial charge is 0.473 e. The summed E-state index contributed by atoms with van der Waals surface area (Å²) in [6.07, 6.45) is 1.85. The highest BCUT2D eigenvalue weighted by atomic mass is 32.2. The normalized spacial score (nSPS) is 23.3. The minimum atomic E-state index is -1.02. The lowest BCUT2D eigenvalue weighted by molar-refractivity contribution is -0.186. The monoisotopic (exact) mass is 435 g/mol. The van der Waals surface area contributed by atoms with Crippen molar-refractivity contribution in [1.82, 2.24) is 4.98 Å². The van der Waals surface area contributed by atoms with Gasteiger partial charge in [-0.2, -0.15) is 0 Å². The van der Waals surface area contributed by atoms with Crippen LogP contribution < -0.4 is 4.74 Å². The van der Waals surface area contributed by atoms with Crippen molar-refractivity contribution in [2.24, 2.45) is 0 Å². The molecule has 3 heterocycles. The number of carbonyl (C=O) groups excluding carboxylic acids is 3. The van der Waals surface area contributed by atoms with Crippen molar-refractivity contribution < 1.29 is 37.7 Å². The lowest BCUT2D eigenvalue weighted by Gasteiger charge is -2.40. The van der Waals surface area contributed by atoms with Gasteiger partial charge in [-0.15, -0.1) is 11.8 Å². The van der Waals surface area contributed by atoms with Crippen molar-refractivity contribution >= 4 is 29.7 Å². The maximum absolute atomic E-state index is 11.8. The minimum absolute atomic E-state index is 0.279. The number of nitrogens with zero attached hydrogens (tertiary/aromatic N) is 1. The van der Waals surface area contributed by atoms with Gasteiger partial charge in [0.25, 0.3) is 0 Å². The smallest absolute Gasteiger partial charge is 0.303 e. The van der Waals surface area contributed by atoms with Gasteiger partial charge < -0.3 is 23.4 Å². The summed E-state index contributed by atoms with van der Waals surface area (Å²) in [7, 11) is 0. The lowest BCUT2D eigenvalue weighted by atomic mass is 10.1. The van der Waals surface area contributed by atoms with Gasteiger partial charge in [0, 0.05) is 38.3 Å². The zero-order chi connectivity index (χ0) is 21.7. The minimum Gasteiger partial charge on any atom is -0.473 e. The number of ether oxygens (including phenoxy) is 4. The van der Waals surface area contributed by atoms with E-state index in [1.54, 1.807) is 24.4 Å².